The molecule has 2 rings (SSSR count). The molecule has 0 saturated carbocycles. The number of ether oxygens (including phenoxy) is 3. The van der Waals surface area contributed by atoms with E-state index in [1.807, 2.05) is 6.07 Å². The van der Waals surface area contributed by atoms with Crippen LogP contribution in [0.3, 0.4) is 0 Å². The van der Waals surface area contributed by atoms with Crippen molar-refractivity contribution >= 4 is 11.9 Å². The molecule has 1 amide bonds. The van der Waals surface area contributed by atoms with Gasteiger partial charge in [-0.05, 0) is 26.0 Å². The van der Waals surface area contributed by atoms with Crippen LogP contribution in [0.2, 0.25) is 0 Å². The molecular formula is C14H17NO5. The molecule has 108 valence electrons. The number of amides is 1. The van der Waals surface area contributed by atoms with Crippen LogP contribution in [0.5, 0.6) is 11.5 Å². The number of hydrogen-bond acceptors (Lipinski definition) is 5. The normalized spacial score (nSPS) is 20.1. The molecule has 0 aliphatic carbocycles. The Morgan fingerprint density at radius 1 is 1.25 bits per heavy atom. The summed E-state index contributed by atoms with van der Waals surface area (Å²) in [6.45, 7) is 3.55. The standard InChI is InChI=1S/C14H17NO5/c1-3-18-12(16)8-15-14(17)13-9(2)19-10-6-4-5-7-11(10)20-13/h4-7,9,13H,3,8H2,1-2H3,(H,15,17). The number of nitrogens with one attached hydrogen (secondary N) is 1. The van der Waals surface area contributed by atoms with Crippen molar-refractivity contribution in [2.75, 3.05) is 13.2 Å². The fraction of sp³-hybridized carbons (Fsp3) is 0.429. The van der Waals surface area contributed by atoms with Crippen molar-refractivity contribution in [3.8, 4) is 11.5 Å². The maximum atomic E-state index is 12.0. The second-order valence-corrected chi connectivity index (χ2v) is 4.33. The molecule has 20 heavy (non-hydrogen) atoms. The second kappa shape index (κ2) is 6.27. The number of para-hydroxylation sites is 2. The third-order valence-corrected chi connectivity index (χ3v) is 2.81. The number of esters is 1. The molecule has 1 aromatic rings. The third-order valence-electron chi connectivity index (χ3n) is 2.81. The van der Waals surface area contributed by atoms with E-state index in [2.05, 4.69) is 5.32 Å². The topological polar surface area (TPSA) is 73.9 Å². The molecule has 6 heteroatoms. The van der Waals surface area contributed by atoms with Crippen molar-refractivity contribution in [2.45, 2.75) is 26.1 Å². The summed E-state index contributed by atoms with van der Waals surface area (Å²) < 4.78 is 16.0. The van der Waals surface area contributed by atoms with E-state index in [1.165, 1.54) is 0 Å². The zero-order chi connectivity index (χ0) is 14.5. The molecule has 1 aliphatic rings. The van der Waals surface area contributed by atoms with Crippen LogP contribution in [0.25, 0.3) is 0 Å². The van der Waals surface area contributed by atoms with E-state index in [9.17, 15) is 9.59 Å². The Hall–Kier alpha value is -2.24. The largest absolute Gasteiger partial charge is 0.482 e. The highest BCUT2D eigenvalue weighted by Crippen LogP contribution is 2.33. The van der Waals surface area contributed by atoms with Crippen molar-refractivity contribution in [1.82, 2.24) is 5.32 Å². The predicted molar refractivity (Wildman–Crippen MR) is 70.6 cm³/mol. The number of fused-ring (bicyclic) bond motifs is 1. The monoisotopic (exact) mass is 279 g/mol. The first-order valence-corrected chi connectivity index (χ1v) is 6.47. The lowest BCUT2D eigenvalue weighted by Gasteiger charge is -2.30. The molecule has 6 nitrogen and oxygen atoms in total. The van der Waals surface area contributed by atoms with Gasteiger partial charge in [0.25, 0.3) is 5.91 Å². The zero-order valence-corrected chi connectivity index (χ0v) is 11.4. The van der Waals surface area contributed by atoms with Crippen LogP contribution in [0.4, 0.5) is 0 Å². The lowest BCUT2D eigenvalue weighted by atomic mass is 10.1. The van der Waals surface area contributed by atoms with E-state index in [1.54, 1.807) is 32.0 Å². The molecule has 1 N–H and O–H groups in total. The Kier molecular flexibility index (Phi) is 4.45. The van der Waals surface area contributed by atoms with E-state index in [0.717, 1.165) is 0 Å². The van der Waals surface area contributed by atoms with Crippen molar-refractivity contribution in [2.24, 2.45) is 0 Å². The van der Waals surface area contributed by atoms with Gasteiger partial charge in [0.1, 0.15) is 12.6 Å². The van der Waals surface area contributed by atoms with E-state index < -0.39 is 24.1 Å². The smallest absolute Gasteiger partial charge is 0.325 e. The van der Waals surface area contributed by atoms with Crippen LogP contribution in [0.15, 0.2) is 24.3 Å². The molecule has 1 heterocycles. The Labute approximate surface area is 117 Å². The minimum absolute atomic E-state index is 0.180. The van der Waals surface area contributed by atoms with Gasteiger partial charge in [-0.3, -0.25) is 9.59 Å². The van der Waals surface area contributed by atoms with Gasteiger partial charge >= 0.3 is 5.97 Å². The van der Waals surface area contributed by atoms with Gasteiger partial charge in [-0.25, -0.2) is 0 Å². The zero-order valence-electron chi connectivity index (χ0n) is 11.4. The first kappa shape index (κ1) is 14.2. The Balaban J connectivity index is 1.96. The molecule has 1 aliphatic heterocycles. The fourth-order valence-electron chi connectivity index (χ4n) is 1.88. The number of carbonyl (C=O) groups excluding carboxylic acids is 2. The van der Waals surface area contributed by atoms with Gasteiger partial charge in [-0.2, -0.15) is 0 Å². The molecule has 0 spiro atoms. The first-order valence-electron chi connectivity index (χ1n) is 6.47. The molecule has 0 aromatic heterocycles. The molecule has 2 unspecified atom stereocenters. The number of benzene rings is 1. The predicted octanol–water partition coefficient (Wildman–Crippen LogP) is 0.894. The maximum Gasteiger partial charge on any atom is 0.325 e. The summed E-state index contributed by atoms with van der Waals surface area (Å²) in [6.07, 6.45) is -1.23. The highest BCUT2D eigenvalue weighted by Gasteiger charge is 2.34. The average Bonchev–Trinajstić information content (AvgIpc) is 2.44. The third kappa shape index (κ3) is 3.20. The van der Waals surface area contributed by atoms with E-state index in [-0.39, 0.29) is 13.2 Å². The minimum Gasteiger partial charge on any atom is -0.482 e. The van der Waals surface area contributed by atoms with Crippen LogP contribution < -0.4 is 14.8 Å². The lowest BCUT2D eigenvalue weighted by molar-refractivity contribution is -0.145. The molecule has 0 radical (unpaired) electrons. The minimum atomic E-state index is -0.792. The summed E-state index contributed by atoms with van der Waals surface area (Å²) in [4.78, 5) is 23.2. The molecular weight excluding hydrogens is 262 g/mol. The highest BCUT2D eigenvalue weighted by atomic mass is 16.6. The first-order chi connectivity index (χ1) is 9.61. The Morgan fingerprint density at radius 2 is 1.90 bits per heavy atom. The maximum absolute atomic E-state index is 12.0. The van der Waals surface area contributed by atoms with Crippen molar-refractivity contribution in [3.63, 3.8) is 0 Å². The van der Waals surface area contributed by atoms with Crippen molar-refractivity contribution in [1.29, 1.82) is 0 Å². The summed E-state index contributed by atoms with van der Waals surface area (Å²) in [6, 6.07) is 7.13. The van der Waals surface area contributed by atoms with Gasteiger partial charge in [-0.15, -0.1) is 0 Å². The second-order valence-electron chi connectivity index (χ2n) is 4.33. The number of rotatable bonds is 4. The summed E-state index contributed by atoms with van der Waals surface area (Å²) in [7, 11) is 0. The van der Waals surface area contributed by atoms with Gasteiger partial charge in [0.2, 0.25) is 6.10 Å². The molecule has 0 saturated heterocycles. The van der Waals surface area contributed by atoms with E-state index in [0.29, 0.717) is 11.5 Å². The van der Waals surface area contributed by atoms with E-state index >= 15 is 0 Å². The Morgan fingerprint density at radius 3 is 2.55 bits per heavy atom. The van der Waals surface area contributed by atoms with Crippen molar-refractivity contribution in [3.05, 3.63) is 24.3 Å². The Bertz CT molecular complexity index is 502. The fourth-order valence-corrected chi connectivity index (χ4v) is 1.88. The summed E-state index contributed by atoms with van der Waals surface area (Å²) >= 11 is 0. The van der Waals surface area contributed by atoms with Gasteiger partial charge in [0.05, 0.1) is 6.61 Å². The summed E-state index contributed by atoms with van der Waals surface area (Å²) in [5.74, 6) is 0.238. The van der Waals surface area contributed by atoms with Gasteiger partial charge in [0, 0.05) is 0 Å². The van der Waals surface area contributed by atoms with Gasteiger partial charge in [0.15, 0.2) is 11.5 Å². The SMILES string of the molecule is CCOC(=O)CNC(=O)C1Oc2ccccc2OC1C. The molecule has 1 aromatic carbocycles. The molecule has 0 fully saturated rings. The average molecular weight is 279 g/mol. The summed E-state index contributed by atoms with van der Waals surface area (Å²) in [5, 5.41) is 2.48. The molecule has 2 atom stereocenters. The van der Waals surface area contributed by atoms with Crippen molar-refractivity contribution < 1.29 is 23.8 Å². The quantitative estimate of drug-likeness (QED) is 0.829. The summed E-state index contributed by atoms with van der Waals surface area (Å²) in [5.41, 5.74) is 0. The van der Waals surface area contributed by atoms with Crippen LogP contribution >= 0.6 is 0 Å². The lowest BCUT2D eigenvalue weighted by Crippen LogP contribution is -2.50. The van der Waals surface area contributed by atoms with Crippen LogP contribution in [0, 0.1) is 0 Å². The number of carbonyl (C=O) groups is 2. The van der Waals surface area contributed by atoms with Crippen LogP contribution in [-0.2, 0) is 14.3 Å². The van der Waals surface area contributed by atoms with E-state index in [4.69, 9.17) is 14.2 Å². The van der Waals surface area contributed by atoms with Gasteiger partial charge < -0.3 is 19.5 Å². The number of hydrogen-bond donors (Lipinski definition) is 1. The molecule has 0 bridgehead atoms. The van der Waals surface area contributed by atoms with Crippen LogP contribution in [-0.4, -0.2) is 37.2 Å². The highest BCUT2D eigenvalue weighted by molar-refractivity contribution is 5.86. The van der Waals surface area contributed by atoms with Crippen LogP contribution in [0.1, 0.15) is 13.8 Å². The van der Waals surface area contributed by atoms with Gasteiger partial charge in [-0.1, -0.05) is 12.1 Å².